The summed E-state index contributed by atoms with van der Waals surface area (Å²) in [6.07, 6.45) is 0.101. The molecule has 0 spiro atoms. The summed E-state index contributed by atoms with van der Waals surface area (Å²) in [5.41, 5.74) is 7.32. The van der Waals surface area contributed by atoms with Crippen LogP contribution in [0.2, 0.25) is 15.1 Å². The van der Waals surface area contributed by atoms with Crippen molar-refractivity contribution in [3.8, 4) is 11.5 Å². The maximum Gasteiger partial charge on any atom is 0.243 e. The van der Waals surface area contributed by atoms with Crippen LogP contribution in [0.15, 0.2) is 60.7 Å². The molecule has 10 heteroatoms. The second-order valence-electron chi connectivity index (χ2n) is 7.85. The smallest absolute Gasteiger partial charge is 0.243 e. The summed E-state index contributed by atoms with van der Waals surface area (Å²) in [7, 11) is 1.58. The van der Waals surface area contributed by atoms with Crippen molar-refractivity contribution in [3.63, 3.8) is 0 Å². The molecule has 1 heterocycles. The second-order valence-corrected chi connectivity index (χ2v) is 9.10. The van der Waals surface area contributed by atoms with Gasteiger partial charge in [0, 0.05) is 39.3 Å². The number of nitrogens with one attached hydrogen (secondary N) is 2. The molecule has 1 aliphatic heterocycles. The van der Waals surface area contributed by atoms with Crippen LogP contribution in [-0.2, 0) is 16.2 Å². The van der Waals surface area contributed by atoms with Crippen molar-refractivity contribution >= 4 is 58.0 Å². The highest BCUT2D eigenvalue weighted by Crippen LogP contribution is 2.31. The maximum absolute atomic E-state index is 12.8. The Hall–Kier alpha value is -3.13. The number of hydrogen-bond acceptors (Lipinski definition) is 5. The molecule has 182 valence electrons. The molecule has 3 aromatic rings. The number of hydrogen-bond donors (Lipinski definition) is 2. The Kier molecular flexibility index (Phi) is 7.90. The molecule has 35 heavy (non-hydrogen) atoms. The molecule has 0 saturated carbocycles. The molecule has 0 radical (unpaired) electrons. The quantitative estimate of drug-likeness (QED) is 0.361. The van der Waals surface area contributed by atoms with Crippen molar-refractivity contribution in [2.45, 2.75) is 13.0 Å². The summed E-state index contributed by atoms with van der Waals surface area (Å²) >= 11 is 18.6. The van der Waals surface area contributed by atoms with Crippen LogP contribution in [-0.4, -0.2) is 25.5 Å². The van der Waals surface area contributed by atoms with Crippen molar-refractivity contribution in [2.24, 2.45) is 5.92 Å². The Morgan fingerprint density at radius 3 is 2.46 bits per heavy atom. The van der Waals surface area contributed by atoms with Gasteiger partial charge in [0.15, 0.2) is 0 Å². The van der Waals surface area contributed by atoms with E-state index in [-0.39, 0.29) is 31.4 Å². The number of amides is 2. The Labute approximate surface area is 217 Å². The van der Waals surface area contributed by atoms with Crippen molar-refractivity contribution in [3.05, 3.63) is 81.3 Å². The van der Waals surface area contributed by atoms with Gasteiger partial charge in [0.1, 0.15) is 18.1 Å². The Morgan fingerprint density at radius 2 is 1.77 bits per heavy atom. The number of methoxy groups -OCH3 is 1. The summed E-state index contributed by atoms with van der Waals surface area (Å²) in [6, 6.07) is 17.3. The molecule has 2 N–H and O–H groups in total. The minimum Gasteiger partial charge on any atom is -0.497 e. The minimum absolute atomic E-state index is 0.101. The zero-order chi connectivity index (χ0) is 24.9. The number of anilines is 2. The van der Waals surface area contributed by atoms with E-state index in [0.717, 1.165) is 0 Å². The molecule has 4 rings (SSSR count). The third-order valence-corrected chi connectivity index (χ3v) is 6.52. The van der Waals surface area contributed by atoms with E-state index in [9.17, 15) is 9.59 Å². The van der Waals surface area contributed by atoms with Gasteiger partial charge < -0.3 is 14.4 Å². The summed E-state index contributed by atoms with van der Waals surface area (Å²) in [4.78, 5) is 26.9. The van der Waals surface area contributed by atoms with Crippen LogP contribution in [0.25, 0.3) is 0 Å². The highest BCUT2D eigenvalue weighted by atomic mass is 35.5. The van der Waals surface area contributed by atoms with Crippen LogP contribution in [0.5, 0.6) is 11.5 Å². The van der Waals surface area contributed by atoms with Crippen molar-refractivity contribution in [1.29, 1.82) is 0 Å². The number of ether oxygens (including phenoxy) is 2. The summed E-state index contributed by atoms with van der Waals surface area (Å²) < 4.78 is 11.1. The average Bonchev–Trinajstić information content (AvgIpc) is 3.25. The van der Waals surface area contributed by atoms with Crippen molar-refractivity contribution < 1.29 is 19.1 Å². The number of carbonyl (C=O) groups is 2. The first-order chi connectivity index (χ1) is 16.9. The van der Waals surface area contributed by atoms with E-state index in [0.29, 0.717) is 43.5 Å². The van der Waals surface area contributed by atoms with Crippen LogP contribution in [0.3, 0.4) is 0 Å². The lowest BCUT2D eigenvalue weighted by Crippen LogP contribution is -2.36. The molecule has 1 aliphatic rings. The van der Waals surface area contributed by atoms with E-state index in [1.54, 1.807) is 72.7 Å². The van der Waals surface area contributed by atoms with E-state index in [1.807, 2.05) is 0 Å². The molecule has 2 amide bonds. The fraction of sp³-hybridized carbons (Fsp3) is 0.200. The van der Waals surface area contributed by atoms with E-state index < -0.39 is 5.92 Å². The number of nitrogens with zero attached hydrogens (tertiary/aromatic N) is 1. The zero-order valence-electron chi connectivity index (χ0n) is 18.7. The van der Waals surface area contributed by atoms with Gasteiger partial charge >= 0.3 is 0 Å². The standard InChI is InChI=1S/C25H22Cl3N3O4/c1-34-18-8-6-17(7-9-18)31-13-15(11-24(31)32)25(33)30-29-22-12-16(26)5-10-23(22)35-14-19-20(27)3-2-4-21(19)28/h2-10,12,15,29H,11,13-14H2,1H3,(H,30,33)/t15-/m0/s1. The Morgan fingerprint density at radius 1 is 1.06 bits per heavy atom. The monoisotopic (exact) mass is 533 g/mol. The molecule has 0 aliphatic carbocycles. The lowest BCUT2D eigenvalue weighted by atomic mass is 10.1. The molecule has 1 saturated heterocycles. The van der Waals surface area contributed by atoms with Gasteiger partial charge in [-0.05, 0) is 54.6 Å². The highest BCUT2D eigenvalue weighted by molar-refractivity contribution is 6.36. The van der Waals surface area contributed by atoms with E-state index >= 15 is 0 Å². The van der Waals surface area contributed by atoms with Crippen LogP contribution < -0.4 is 25.2 Å². The summed E-state index contributed by atoms with van der Waals surface area (Å²) in [6.45, 7) is 0.388. The maximum atomic E-state index is 12.8. The van der Waals surface area contributed by atoms with Crippen LogP contribution in [0.4, 0.5) is 11.4 Å². The first kappa shape index (κ1) is 25.0. The number of rotatable bonds is 8. The van der Waals surface area contributed by atoms with E-state index in [4.69, 9.17) is 44.3 Å². The summed E-state index contributed by atoms with van der Waals surface area (Å²) in [5, 5.41) is 1.43. The molecule has 0 unspecified atom stereocenters. The Bertz CT molecular complexity index is 1220. The predicted octanol–water partition coefficient (Wildman–Crippen LogP) is 5.73. The van der Waals surface area contributed by atoms with Gasteiger partial charge in [0.2, 0.25) is 11.8 Å². The number of halogens is 3. The first-order valence-electron chi connectivity index (χ1n) is 10.7. The van der Waals surface area contributed by atoms with Gasteiger partial charge in [-0.15, -0.1) is 0 Å². The van der Waals surface area contributed by atoms with Gasteiger partial charge in [0.25, 0.3) is 0 Å². The number of carbonyl (C=O) groups excluding carboxylic acids is 2. The zero-order valence-corrected chi connectivity index (χ0v) is 21.0. The van der Waals surface area contributed by atoms with Gasteiger partial charge in [-0.2, -0.15) is 0 Å². The Balaban J connectivity index is 1.39. The fourth-order valence-electron chi connectivity index (χ4n) is 3.67. The highest BCUT2D eigenvalue weighted by Gasteiger charge is 2.35. The first-order valence-corrected chi connectivity index (χ1v) is 11.8. The van der Waals surface area contributed by atoms with Gasteiger partial charge in [-0.1, -0.05) is 40.9 Å². The SMILES string of the molecule is COc1ccc(N2C[C@@H](C(=O)NNc3cc(Cl)ccc3OCc3c(Cl)cccc3Cl)CC2=O)cc1. The normalized spacial score (nSPS) is 15.1. The number of benzene rings is 3. The molecular formula is C25H22Cl3N3O4. The average molecular weight is 535 g/mol. The van der Waals surface area contributed by atoms with E-state index in [2.05, 4.69) is 10.9 Å². The fourth-order valence-corrected chi connectivity index (χ4v) is 4.35. The van der Waals surface area contributed by atoms with Gasteiger partial charge in [-0.25, -0.2) is 0 Å². The molecular weight excluding hydrogens is 513 g/mol. The van der Waals surface area contributed by atoms with Crippen LogP contribution >= 0.6 is 34.8 Å². The van der Waals surface area contributed by atoms with Crippen molar-refractivity contribution in [1.82, 2.24) is 5.43 Å². The van der Waals surface area contributed by atoms with Gasteiger partial charge in [0.05, 0.1) is 18.7 Å². The van der Waals surface area contributed by atoms with E-state index in [1.165, 1.54) is 0 Å². The summed E-state index contributed by atoms with van der Waals surface area (Å²) in [5.74, 6) is 0.152. The van der Waals surface area contributed by atoms with Crippen LogP contribution in [0, 0.1) is 5.92 Å². The molecule has 7 nitrogen and oxygen atoms in total. The molecule has 1 fully saturated rings. The molecule has 0 bridgehead atoms. The lowest BCUT2D eigenvalue weighted by molar-refractivity contribution is -0.125. The predicted molar refractivity (Wildman–Crippen MR) is 137 cm³/mol. The van der Waals surface area contributed by atoms with Crippen molar-refractivity contribution in [2.75, 3.05) is 24.0 Å². The largest absolute Gasteiger partial charge is 0.497 e. The minimum atomic E-state index is -0.525. The second kappa shape index (κ2) is 11.1. The lowest BCUT2D eigenvalue weighted by Gasteiger charge is -2.18. The van der Waals surface area contributed by atoms with Gasteiger partial charge in [-0.3, -0.25) is 20.4 Å². The molecule has 0 aromatic heterocycles. The number of hydrazine groups is 1. The topological polar surface area (TPSA) is 79.9 Å². The van der Waals surface area contributed by atoms with Crippen LogP contribution in [0.1, 0.15) is 12.0 Å². The third-order valence-electron chi connectivity index (χ3n) is 5.58. The molecule has 1 atom stereocenters. The third kappa shape index (κ3) is 5.93. The molecule has 3 aromatic carbocycles.